The lowest BCUT2D eigenvalue weighted by atomic mass is 10.0. The molecule has 1 aliphatic heterocycles. The highest BCUT2D eigenvalue weighted by molar-refractivity contribution is 6.44. The monoisotopic (exact) mass is 483 g/mol. The Bertz CT molecular complexity index is 987. The summed E-state index contributed by atoms with van der Waals surface area (Å²) in [5.41, 5.74) is 1.02. The zero-order valence-electron chi connectivity index (χ0n) is 18.2. The van der Waals surface area contributed by atoms with Crippen LogP contribution in [0.2, 0.25) is 10.0 Å². The molecule has 0 aromatic carbocycles. The predicted octanol–water partition coefficient (Wildman–Crippen LogP) is 3.06. The van der Waals surface area contributed by atoms with Gasteiger partial charge in [0.1, 0.15) is 18.1 Å². The molecule has 9 nitrogen and oxygen atoms in total. The average Bonchev–Trinajstić information content (AvgIpc) is 3.01. The minimum Gasteiger partial charge on any atom is -0.478 e. The SMILES string of the molecule is Cc1[nH]c(C(=O)NC2CCN(c3cc(C(=O)O)cc(OCCN(C)C)n3)CC2)c(Cl)c1Cl. The van der Waals surface area contributed by atoms with E-state index < -0.39 is 5.97 Å². The molecule has 1 aliphatic rings. The summed E-state index contributed by atoms with van der Waals surface area (Å²) in [5.74, 6) is -0.508. The van der Waals surface area contributed by atoms with Crippen molar-refractivity contribution in [2.75, 3.05) is 45.2 Å². The van der Waals surface area contributed by atoms with Crippen LogP contribution >= 0.6 is 23.2 Å². The van der Waals surface area contributed by atoms with Crippen molar-refractivity contribution < 1.29 is 19.4 Å². The minimum absolute atomic E-state index is 0.0457. The highest BCUT2D eigenvalue weighted by Gasteiger charge is 2.25. The number of carbonyl (C=O) groups excluding carboxylic acids is 1. The van der Waals surface area contributed by atoms with Crippen molar-refractivity contribution >= 4 is 40.9 Å². The molecule has 32 heavy (non-hydrogen) atoms. The van der Waals surface area contributed by atoms with Gasteiger partial charge in [0, 0.05) is 37.4 Å². The summed E-state index contributed by atoms with van der Waals surface area (Å²) in [6, 6.07) is 2.93. The van der Waals surface area contributed by atoms with Crippen LogP contribution in [0.1, 0.15) is 39.4 Å². The Morgan fingerprint density at radius 2 is 1.97 bits per heavy atom. The van der Waals surface area contributed by atoms with E-state index in [1.165, 1.54) is 6.07 Å². The second kappa shape index (κ2) is 10.4. The van der Waals surface area contributed by atoms with Crippen molar-refractivity contribution in [1.82, 2.24) is 20.2 Å². The number of nitrogens with zero attached hydrogens (tertiary/aromatic N) is 3. The molecule has 0 saturated carbocycles. The van der Waals surface area contributed by atoms with Gasteiger partial charge >= 0.3 is 5.97 Å². The molecule has 0 radical (unpaired) electrons. The van der Waals surface area contributed by atoms with Gasteiger partial charge in [0.05, 0.1) is 15.6 Å². The van der Waals surface area contributed by atoms with E-state index in [1.807, 2.05) is 23.9 Å². The van der Waals surface area contributed by atoms with Gasteiger partial charge < -0.3 is 29.9 Å². The van der Waals surface area contributed by atoms with E-state index in [0.29, 0.717) is 55.6 Å². The largest absolute Gasteiger partial charge is 0.478 e. The Balaban J connectivity index is 1.63. The lowest BCUT2D eigenvalue weighted by Gasteiger charge is -2.33. The smallest absolute Gasteiger partial charge is 0.336 e. The minimum atomic E-state index is -1.04. The Kier molecular flexibility index (Phi) is 7.86. The summed E-state index contributed by atoms with van der Waals surface area (Å²) in [5, 5.41) is 13.0. The van der Waals surface area contributed by atoms with Gasteiger partial charge in [-0.1, -0.05) is 23.2 Å². The van der Waals surface area contributed by atoms with E-state index in [0.717, 1.165) is 0 Å². The summed E-state index contributed by atoms with van der Waals surface area (Å²) >= 11 is 12.2. The Morgan fingerprint density at radius 1 is 1.28 bits per heavy atom. The number of carboxylic acids is 1. The molecule has 2 aromatic rings. The zero-order valence-corrected chi connectivity index (χ0v) is 19.8. The normalized spacial score (nSPS) is 14.6. The first-order chi connectivity index (χ1) is 15.2. The molecular formula is C21H27Cl2N5O4. The van der Waals surface area contributed by atoms with Gasteiger partial charge in [0.25, 0.3) is 5.91 Å². The standard InChI is InChI=1S/C21H27Cl2N5O4/c1-12-17(22)18(23)19(24-12)20(29)25-14-4-6-28(7-5-14)15-10-13(21(30)31)11-16(26-15)32-9-8-27(2)3/h10-11,14,24H,4-9H2,1-3H3,(H,25,29)(H,30,31). The molecule has 0 spiro atoms. The van der Waals surface area contributed by atoms with Gasteiger partial charge in [-0.15, -0.1) is 0 Å². The van der Waals surface area contributed by atoms with Gasteiger partial charge in [-0.05, 0) is 39.9 Å². The summed E-state index contributed by atoms with van der Waals surface area (Å²) in [4.78, 5) is 35.5. The van der Waals surface area contributed by atoms with Crippen molar-refractivity contribution in [3.8, 4) is 5.88 Å². The first kappa shape index (κ1) is 24.2. The number of aromatic carboxylic acids is 1. The number of H-pyrrole nitrogens is 1. The molecule has 3 heterocycles. The van der Waals surface area contributed by atoms with E-state index in [4.69, 9.17) is 27.9 Å². The number of amides is 1. The van der Waals surface area contributed by atoms with Gasteiger partial charge in [-0.2, -0.15) is 4.98 Å². The van der Waals surface area contributed by atoms with E-state index in [9.17, 15) is 14.7 Å². The Labute approximate surface area is 196 Å². The number of carboxylic acid groups (broad SMARTS) is 1. The van der Waals surface area contributed by atoms with Crippen LogP contribution in [-0.2, 0) is 0 Å². The molecule has 3 N–H and O–H groups in total. The average molecular weight is 484 g/mol. The molecule has 0 unspecified atom stereocenters. The van der Waals surface area contributed by atoms with Crippen LogP contribution in [0.3, 0.4) is 0 Å². The van der Waals surface area contributed by atoms with Crippen LogP contribution in [0.4, 0.5) is 5.82 Å². The highest BCUT2D eigenvalue weighted by atomic mass is 35.5. The second-order valence-electron chi connectivity index (χ2n) is 8.00. The molecule has 2 aromatic heterocycles. The third kappa shape index (κ3) is 5.85. The number of anilines is 1. The third-order valence-electron chi connectivity index (χ3n) is 5.26. The highest BCUT2D eigenvalue weighted by Crippen LogP contribution is 2.29. The van der Waals surface area contributed by atoms with E-state index in [1.54, 1.807) is 13.0 Å². The van der Waals surface area contributed by atoms with Crippen molar-refractivity contribution in [3.05, 3.63) is 39.1 Å². The van der Waals surface area contributed by atoms with Crippen LogP contribution in [0.25, 0.3) is 0 Å². The first-order valence-electron chi connectivity index (χ1n) is 10.3. The van der Waals surface area contributed by atoms with Gasteiger partial charge in [-0.25, -0.2) is 4.79 Å². The van der Waals surface area contributed by atoms with Crippen LogP contribution in [0, 0.1) is 6.92 Å². The van der Waals surface area contributed by atoms with Crippen molar-refractivity contribution in [1.29, 1.82) is 0 Å². The molecule has 3 rings (SSSR count). The van der Waals surface area contributed by atoms with Crippen LogP contribution in [-0.4, -0.2) is 78.2 Å². The number of nitrogens with one attached hydrogen (secondary N) is 2. The second-order valence-corrected chi connectivity index (χ2v) is 8.75. The van der Waals surface area contributed by atoms with Gasteiger partial charge in [-0.3, -0.25) is 4.79 Å². The number of aryl methyl sites for hydroxylation is 1. The molecule has 1 fully saturated rings. The molecule has 1 saturated heterocycles. The number of ether oxygens (including phenoxy) is 1. The number of hydrogen-bond donors (Lipinski definition) is 3. The van der Waals surface area contributed by atoms with E-state index >= 15 is 0 Å². The number of likely N-dealkylation sites (N-methyl/N-ethyl adjacent to an activating group) is 1. The van der Waals surface area contributed by atoms with Crippen molar-refractivity contribution in [3.63, 3.8) is 0 Å². The Hall–Kier alpha value is -2.49. The molecule has 11 heteroatoms. The van der Waals surface area contributed by atoms with E-state index in [2.05, 4.69) is 15.3 Å². The lowest BCUT2D eigenvalue weighted by molar-refractivity contribution is 0.0695. The number of hydrogen-bond acceptors (Lipinski definition) is 6. The number of carbonyl (C=O) groups is 2. The molecule has 0 atom stereocenters. The van der Waals surface area contributed by atoms with E-state index in [-0.39, 0.29) is 34.1 Å². The summed E-state index contributed by atoms with van der Waals surface area (Å²) in [7, 11) is 3.86. The quantitative estimate of drug-likeness (QED) is 0.528. The number of aromatic amines is 1. The van der Waals surface area contributed by atoms with Crippen LogP contribution in [0.15, 0.2) is 12.1 Å². The molecular weight excluding hydrogens is 457 g/mol. The predicted molar refractivity (Wildman–Crippen MR) is 123 cm³/mol. The fourth-order valence-electron chi connectivity index (χ4n) is 3.42. The maximum Gasteiger partial charge on any atom is 0.336 e. The zero-order chi connectivity index (χ0) is 23.4. The first-order valence-corrected chi connectivity index (χ1v) is 11.0. The maximum atomic E-state index is 12.6. The maximum absolute atomic E-state index is 12.6. The molecule has 0 aliphatic carbocycles. The van der Waals surface area contributed by atoms with Crippen LogP contribution in [0.5, 0.6) is 5.88 Å². The summed E-state index contributed by atoms with van der Waals surface area (Å²) in [6.07, 6.45) is 1.35. The van der Waals surface area contributed by atoms with Crippen molar-refractivity contribution in [2.45, 2.75) is 25.8 Å². The Morgan fingerprint density at radius 3 is 2.53 bits per heavy atom. The topological polar surface area (TPSA) is 111 Å². The number of aromatic nitrogens is 2. The summed E-state index contributed by atoms with van der Waals surface area (Å²) < 4.78 is 5.66. The fourth-order valence-corrected chi connectivity index (χ4v) is 3.84. The number of rotatable bonds is 8. The molecule has 0 bridgehead atoms. The van der Waals surface area contributed by atoms with Crippen LogP contribution < -0.4 is 15.0 Å². The molecule has 174 valence electrons. The van der Waals surface area contributed by atoms with Crippen molar-refractivity contribution in [2.24, 2.45) is 0 Å². The number of piperidine rings is 1. The number of halogens is 2. The molecule has 1 amide bonds. The number of pyridine rings is 1. The van der Waals surface area contributed by atoms with Gasteiger partial charge in [0.15, 0.2) is 0 Å². The van der Waals surface area contributed by atoms with Gasteiger partial charge in [0.2, 0.25) is 5.88 Å². The summed E-state index contributed by atoms with van der Waals surface area (Å²) in [6.45, 7) is 4.06. The lowest BCUT2D eigenvalue weighted by Crippen LogP contribution is -2.45. The fraction of sp³-hybridized carbons (Fsp3) is 0.476. The third-order valence-corrected chi connectivity index (χ3v) is 6.21.